The van der Waals surface area contributed by atoms with Crippen LogP contribution in [0.2, 0.25) is 0 Å². The van der Waals surface area contributed by atoms with Crippen molar-refractivity contribution < 1.29 is 13.5 Å². The number of aliphatic hydroxyl groups excluding tert-OH is 1. The minimum atomic E-state index is -3.37. The normalized spacial score (nSPS) is 19.7. The zero-order valence-electron chi connectivity index (χ0n) is 9.02. The van der Waals surface area contributed by atoms with E-state index in [2.05, 4.69) is 5.32 Å². The Kier molecular flexibility index (Phi) is 4.94. The van der Waals surface area contributed by atoms with Gasteiger partial charge in [0.1, 0.15) is 0 Å². The van der Waals surface area contributed by atoms with Gasteiger partial charge in [0, 0.05) is 39.3 Å². The number of nitrogens with zero attached hydrogens (tertiary/aromatic N) is 2. The molecule has 1 aliphatic rings. The summed E-state index contributed by atoms with van der Waals surface area (Å²) in [5, 5.41) is 11.9. The summed E-state index contributed by atoms with van der Waals surface area (Å²) in [5.74, 6) is 0. The molecule has 0 unspecified atom stereocenters. The lowest BCUT2D eigenvalue weighted by molar-refractivity contribution is 0.244. The Hall–Kier alpha value is -0.210. The molecule has 90 valence electrons. The minimum Gasteiger partial charge on any atom is -0.395 e. The van der Waals surface area contributed by atoms with Crippen molar-refractivity contribution in [3.8, 4) is 0 Å². The largest absolute Gasteiger partial charge is 0.395 e. The predicted molar refractivity (Wildman–Crippen MR) is 57.7 cm³/mol. The second-order valence-corrected chi connectivity index (χ2v) is 5.30. The van der Waals surface area contributed by atoms with Crippen molar-refractivity contribution in [2.45, 2.75) is 6.92 Å². The Morgan fingerprint density at radius 3 is 2.47 bits per heavy atom. The average Bonchev–Trinajstić information content (AvgIpc) is 2.27. The van der Waals surface area contributed by atoms with Crippen molar-refractivity contribution in [3.05, 3.63) is 0 Å². The molecule has 0 aliphatic carbocycles. The van der Waals surface area contributed by atoms with Gasteiger partial charge in [-0.3, -0.25) is 0 Å². The van der Waals surface area contributed by atoms with Crippen LogP contribution >= 0.6 is 0 Å². The van der Waals surface area contributed by atoms with E-state index in [0.717, 1.165) is 0 Å². The van der Waals surface area contributed by atoms with Gasteiger partial charge < -0.3 is 10.4 Å². The van der Waals surface area contributed by atoms with Crippen molar-refractivity contribution in [1.82, 2.24) is 13.9 Å². The van der Waals surface area contributed by atoms with Gasteiger partial charge in [0.2, 0.25) is 0 Å². The van der Waals surface area contributed by atoms with Crippen LogP contribution in [0.3, 0.4) is 0 Å². The molecular weight excluding hydrogens is 218 g/mol. The summed E-state index contributed by atoms with van der Waals surface area (Å²) >= 11 is 0. The first-order valence-corrected chi connectivity index (χ1v) is 6.59. The second kappa shape index (κ2) is 5.76. The lowest BCUT2D eigenvalue weighted by Crippen LogP contribution is -2.52. The Balaban J connectivity index is 2.69. The maximum absolute atomic E-state index is 12.0. The van der Waals surface area contributed by atoms with Crippen molar-refractivity contribution in [2.75, 3.05) is 45.9 Å². The fraction of sp³-hybridized carbons (Fsp3) is 1.00. The van der Waals surface area contributed by atoms with Gasteiger partial charge in [-0.25, -0.2) is 0 Å². The van der Waals surface area contributed by atoms with Gasteiger partial charge in [0.15, 0.2) is 0 Å². The lowest BCUT2D eigenvalue weighted by Gasteiger charge is -2.31. The third-order valence-electron chi connectivity index (χ3n) is 2.43. The Morgan fingerprint density at radius 1 is 1.40 bits per heavy atom. The monoisotopic (exact) mass is 237 g/mol. The van der Waals surface area contributed by atoms with Crippen LogP contribution in [0.1, 0.15) is 6.92 Å². The minimum absolute atomic E-state index is 0.140. The molecule has 2 N–H and O–H groups in total. The maximum atomic E-state index is 12.0. The number of hydrogen-bond acceptors (Lipinski definition) is 4. The molecule has 1 heterocycles. The van der Waals surface area contributed by atoms with E-state index in [-0.39, 0.29) is 13.2 Å². The Labute approximate surface area is 91.0 Å². The van der Waals surface area contributed by atoms with E-state index in [1.165, 1.54) is 8.61 Å². The van der Waals surface area contributed by atoms with Crippen LogP contribution in [0.5, 0.6) is 0 Å². The lowest BCUT2D eigenvalue weighted by atomic mass is 10.4. The summed E-state index contributed by atoms with van der Waals surface area (Å²) in [6, 6.07) is 0. The Bertz CT molecular complexity index is 264. The van der Waals surface area contributed by atoms with E-state index in [0.29, 0.717) is 32.7 Å². The molecule has 15 heavy (non-hydrogen) atoms. The van der Waals surface area contributed by atoms with Gasteiger partial charge in [0.05, 0.1) is 6.61 Å². The fourth-order valence-corrected chi connectivity index (χ4v) is 3.20. The smallest absolute Gasteiger partial charge is 0.282 e. The number of nitrogens with one attached hydrogen (secondary N) is 1. The molecule has 0 atom stereocenters. The van der Waals surface area contributed by atoms with Crippen LogP contribution in [0.25, 0.3) is 0 Å². The molecule has 0 aromatic rings. The summed E-state index contributed by atoms with van der Waals surface area (Å²) < 4.78 is 26.8. The van der Waals surface area contributed by atoms with E-state index in [1.54, 1.807) is 6.92 Å². The standard InChI is InChI=1S/C8H19N3O3S/c1-2-10(7-8-12)15(13,14)11-5-3-9-4-6-11/h9,12H,2-8H2,1H3. The number of hydrogen-bond donors (Lipinski definition) is 2. The van der Waals surface area contributed by atoms with E-state index >= 15 is 0 Å². The van der Waals surface area contributed by atoms with E-state index < -0.39 is 10.2 Å². The topological polar surface area (TPSA) is 72.9 Å². The van der Waals surface area contributed by atoms with Gasteiger partial charge >= 0.3 is 0 Å². The maximum Gasteiger partial charge on any atom is 0.282 e. The van der Waals surface area contributed by atoms with Crippen LogP contribution in [-0.4, -0.2) is 68.0 Å². The van der Waals surface area contributed by atoms with Crippen LogP contribution in [0.15, 0.2) is 0 Å². The van der Waals surface area contributed by atoms with Crippen molar-refractivity contribution in [1.29, 1.82) is 0 Å². The van der Waals surface area contributed by atoms with Crippen LogP contribution < -0.4 is 5.32 Å². The molecule has 7 heteroatoms. The van der Waals surface area contributed by atoms with E-state index in [1.807, 2.05) is 0 Å². The zero-order chi connectivity index (χ0) is 11.3. The summed E-state index contributed by atoms with van der Waals surface area (Å²) in [6.45, 7) is 4.59. The molecule has 0 amide bonds. The zero-order valence-corrected chi connectivity index (χ0v) is 9.83. The molecule has 1 saturated heterocycles. The number of piperazine rings is 1. The molecule has 0 saturated carbocycles. The molecule has 0 spiro atoms. The highest BCUT2D eigenvalue weighted by molar-refractivity contribution is 7.86. The number of aliphatic hydroxyl groups is 1. The summed E-state index contributed by atoms with van der Waals surface area (Å²) in [4.78, 5) is 0. The third kappa shape index (κ3) is 3.12. The quantitative estimate of drug-likeness (QED) is 0.607. The molecule has 0 aromatic heterocycles. The van der Waals surface area contributed by atoms with Gasteiger partial charge in [-0.15, -0.1) is 0 Å². The average molecular weight is 237 g/mol. The first-order chi connectivity index (χ1) is 7.12. The second-order valence-electron chi connectivity index (χ2n) is 3.37. The van der Waals surface area contributed by atoms with Crippen LogP contribution in [0, 0.1) is 0 Å². The van der Waals surface area contributed by atoms with Crippen molar-refractivity contribution >= 4 is 10.2 Å². The first-order valence-electron chi connectivity index (χ1n) is 5.19. The summed E-state index contributed by atoms with van der Waals surface area (Å²) in [7, 11) is -3.37. The number of rotatable bonds is 5. The molecule has 1 aliphatic heterocycles. The van der Waals surface area contributed by atoms with Crippen molar-refractivity contribution in [3.63, 3.8) is 0 Å². The van der Waals surface area contributed by atoms with Crippen LogP contribution in [-0.2, 0) is 10.2 Å². The van der Waals surface area contributed by atoms with Gasteiger partial charge in [-0.2, -0.15) is 17.0 Å². The molecule has 1 rings (SSSR count). The molecular formula is C8H19N3O3S. The molecule has 0 bridgehead atoms. The van der Waals surface area contributed by atoms with Crippen LogP contribution in [0.4, 0.5) is 0 Å². The SMILES string of the molecule is CCN(CCO)S(=O)(=O)N1CCNCC1. The highest BCUT2D eigenvalue weighted by Crippen LogP contribution is 2.08. The first kappa shape index (κ1) is 12.9. The molecule has 0 aromatic carbocycles. The van der Waals surface area contributed by atoms with Gasteiger partial charge in [0.25, 0.3) is 10.2 Å². The van der Waals surface area contributed by atoms with E-state index in [9.17, 15) is 8.42 Å². The fourth-order valence-electron chi connectivity index (χ4n) is 1.59. The molecule has 1 fully saturated rings. The van der Waals surface area contributed by atoms with Gasteiger partial charge in [-0.05, 0) is 0 Å². The third-order valence-corrected chi connectivity index (χ3v) is 4.54. The highest BCUT2D eigenvalue weighted by Gasteiger charge is 2.28. The Morgan fingerprint density at radius 2 is 2.00 bits per heavy atom. The predicted octanol–water partition coefficient (Wildman–Crippen LogP) is -1.55. The number of likely N-dealkylation sites (N-methyl/N-ethyl adjacent to an activating group) is 1. The van der Waals surface area contributed by atoms with E-state index in [4.69, 9.17) is 5.11 Å². The molecule has 6 nitrogen and oxygen atoms in total. The van der Waals surface area contributed by atoms with Gasteiger partial charge in [-0.1, -0.05) is 6.92 Å². The van der Waals surface area contributed by atoms with Crippen molar-refractivity contribution in [2.24, 2.45) is 0 Å². The summed E-state index contributed by atoms with van der Waals surface area (Å²) in [5.41, 5.74) is 0. The molecule has 0 radical (unpaired) electrons. The summed E-state index contributed by atoms with van der Waals surface area (Å²) in [6.07, 6.45) is 0. The highest BCUT2D eigenvalue weighted by atomic mass is 32.2.